The Kier molecular flexibility index (Phi) is 4.11. The van der Waals surface area contributed by atoms with Crippen molar-refractivity contribution in [1.29, 1.82) is 0 Å². The van der Waals surface area contributed by atoms with Crippen LogP contribution in [0, 0.1) is 11.7 Å². The summed E-state index contributed by atoms with van der Waals surface area (Å²) < 4.78 is 13.8. The Bertz CT molecular complexity index is 766. The van der Waals surface area contributed by atoms with Crippen molar-refractivity contribution in [2.24, 2.45) is 5.92 Å². The third-order valence-electron chi connectivity index (χ3n) is 4.25. The summed E-state index contributed by atoms with van der Waals surface area (Å²) in [6, 6.07) is 6.76. The van der Waals surface area contributed by atoms with Gasteiger partial charge in [-0.1, -0.05) is 6.92 Å². The lowest BCUT2D eigenvalue weighted by molar-refractivity contribution is -0.119. The zero-order valence-electron chi connectivity index (χ0n) is 13.3. The minimum absolute atomic E-state index is 0.105. The van der Waals surface area contributed by atoms with E-state index < -0.39 is 24.0 Å². The zero-order valence-corrected chi connectivity index (χ0v) is 13.3. The first-order valence-corrected chi connectivity index (χ1v) is 7.57. The quantitative estimate of drug-likeness (QED) is 0.787. The first kappa shape index (κ1) is 16.2. The fourth-order valence-electron chi connectivity index (χ4n) is 3.04. The minimum Gasteiger partial charge on any atom is -0.493 e. The van der Waals surface area contributed by atoms with Gasteiger partial charge >= 0.3 is 0 Å². The van der Waals surface area contributed by atoms with E-state index in [-0.39, 0.29) is 11.8 Å². The lowest BCUT2D eigenvalue weighted by Gasteiger charge is -2.42. The highest BCUT2D eigenvalue weighted by atomic mass is 19.1. The standard InChI is InChI=1S/C17H18FN3O3/c1-9-16(20-12-4-6-15(23)19-8-12)13-7-11(18)3-5-14(13)21(10(2)22)17(9)24/h3-9,16-17,20,24H,1-2H3,(H,19,23)/t9-,16-,17+/m1/s1. The SMILES string of the molecule is CC(=O)N1c2ccc(F)cc2[C@H](Nc2ccc(O)nc2)[C@@H](C)[C@@H]1O. The van der Waals surface area contributed by atoms with Crippen LogP contribution >= 0.6 is 0 Å². The molecule has 2 heterocycles. The lowest BCUT2D eigenvalue weighted by atomic mass is 9.86. The molecule has 0 saturated carbocycles. The molecule has 7 heteroatoms. The van der Waals surface area contributed by atoms with Crippen molar-refractivity contribution in [3.8, 4) is 5.88 Å². The number of amides is 1. The molecule has 126 valence electrons. The number of anilines is 2. The van der Waals surface area contributed by atoms with Crippen LogP contribution in [-0.2, 0) is 4.79 Å². The molecule has 0 radical (unpaired) electrons. The summed E-state index contributed by atoms with van der Waals surface area (Å²) in [5.74, 6) is -1.23. The van der Waals surface area contributed by atoms with Crippen LogP contribution in [0.15, 0.2) is 36.5 Å². The molecule has 1 amide bonds. The van der Waals surface area contributed by atoms with Gasteiger partial charge in [0.05, 0.1) is 23.6 Å². The fourth-order valence-corrected chi connectivity index (χ4v) is 3.04. The molecule has 0 unspecified atom stereocenters. The van der Waals surface area contributed by atoms with Crippen LogP contribution in [0.2, 0.25) is 0 Å². The Balaban J connectivity index is 2.05. The van der Waals surface area contributed by atoms with Crippen molar-refractivity contribution in [2.75, 3.05) is 10.2 Å². The van der Waals surface area contributed by atoms with Crippen molar-refractivity contribution in [3.63, 3.8) is 0 Å². The highest BCUT2D eigenvalue weighted by molar-refractivity contribution is 5.93. The number of benzene rings is 1. The van der Waals surface area contributed by atoms with Crippen LogP contribution in [0.3, 0.4) is 0 Å². The molecule has 2 aromatic rings. The lowest BCUT2D eigenvalue weighted by Crippen LogP contribution is -2.50. The first-order valence-electron chi connectivity index (χ1n) is 7.57. The maximum Gasteiger partial charge on any atom is 0.225 e. The summed E-state index contributed by atoms with van der Waals surface area (Å²) in [6.45, 7) is 3.14. The summed E-state index contributed by atoms with van der Waals surface area (Å²) in [7, 11) is 0. The summed E-state index contributed by atoms with van der Waals surface area (Å²) in [4.78, 5) is 17.0. The number of hydrogen-bond donors (Lipinski definition) is 3. The Morgan fingerprint density at radius 3 is 2.71 bits per heavy atom. The summed E-state index contributed by atoms with van der Waals surface area (Å²) in [6.07, 6.45) is 0.410. The summed E-state index contributed by atoms with van der Waals surface area (Å²) in [5, 5.41) is 23.0. The molecule has 0 aliphatic carbocycles. The molecule has 0 saturated heterocycles. The van der Waals surface area contributed by atoms with Crippen molar-refractivity contribution < 1.29 is 19.4 Å². The second-order valence-corrected chi connectivity index (χ2v) is 5.89. The number of rotatable bonds is 2. The van der Waals surface area contributed by atoms with Crippen molar-refractivity contribution in [3.05, 3.63) is 47.9 Å². The number of fused-ring (bicyclic) bond motifs is 1. The Labute approximate surface area is 138 Å². The van der Waals surface area contributed by atoms with E-state index in [1.54, 1.807) is 13.0 Å². The molecule has 3 rings (SSSR count). The maximum absolute atomic E-state index is 13.8. The molecular formula is C17H18FN3O3. The highest BCUT2D eigenvalue weighted by Gasteiger charge is 2.39. The second-order valence-electron chi connectivity index (χ2n) is 5.89. The van der Waals surface area contributed by atoms with Crippen LogP contribution in [0.1, 0.15) is 25.5 Å². The van der Waals surface area contributed by atoms with Crippen LogP contribution in [0.25, 0.3) is 0 Å². The van der Waals surface area contributed by atoms with E-state index in [4.69, 9.17) is 0 Å². The van der Waals surface area contributed by atoms with Gasteiger partial charge < -0.3 is 15.5 Å². The number of aliphatic hydroxyl groups excluding tert-OH is 1. The number of carbonyl (C=O) groups is 1. The van der Waals surface area contributed by atoms with E-state index in [0.717, 1.165) is 0 Å². The van der Waals surface area contributed by atoms with Gasteiger partial charge in [0.1, 0.15) is 12.0 Å². The maximum atomic E-state index is 13.8. The zero-order chi connectivity index (χ0) is 17.4. The smallest absolute Gasteiger partial charge is 0.225 e. The van der Waals surface area contributed by atoms with Crippen molar-refractivity contribution in [1.82, 2.24) is 4.98 Å². The predicted molar refractivity (Wildman–Crippen MR) is 87.0 cm³/mol. The van der Waals surface area contributed by atoms with Crippen LogP contribution in [0.5, 0.6) is 5.88 Å². The van der Waals surface area contributed by atoms with Crippen molar-refractivity contribution in [2.45, 2.75) is 26.1 Å². The summed E-state index contributed by atoms with van der Waals surface area (Å²) >= 11 is 0. The van der Waals surface area contributed by atoms with Crippen LogP contribution in [0.4, 0.5) is 15.8 Å². The monoisotopic (exact) mass is 331 g/mol. The number of aliphatic hydroxyl groups is 1. The van der Waals surface area contributed by atoms with E-state index in [9.17, 15) is 19.4 Å². The van der Waals surface area contributed by atoms with E-state index in [0.29, 0.717) is 16.9 Å². The highest BCUT2D eigenvalue weighted by Crippen LogP contribution is 2.42. The number of halogens is 1. The molecule has 0 spiro atoms. The number of aromatic nitrogens is 1. The Morgan fingerprint density at radius 2 is 2.08 bits per heavy atom. The molecule has 3 atom stereocenters. The van der Waals surface area contributed by atoms with Gasteiger partial charge in [-0.15, -0.1) is 0 Å². The average molecular weight is 331 g/mol. The van der Waals surface area contributed by atoms with Gasteiger partial charge in [0.2, 0.25) is 11.8 Å². The number of aromatic hydroxyl groups is 1. The topological polar surface area (TPSA) is 85.7 Å². The number of nitrogens with one attached hydrogen (secondary N) is 1. The van der Waals surface area contributed by atoms with Gasteiger partial charge in [-0.05, 0) is 24.3 Å². The van der Waals surface area contributed by atoms with Gasteiger partial charge in [-0.25, -0.2) is 9.37 Å². The van der Waals surface area contributed by atoms with Crippen LogP contribution < -0.4 is 10.2 Å². The van der Waals surface area contributed by atoms with Crippen LogP contribution in [-0.4, -0.2) is 27.3 Å². The molecule has 0 fully saturated rings. The van der Waals surface area contributed by atoms with Gasteiger partial charge in [0, 0.05) is 24.5 Å². The number of nitrogens with zero attached hydrogens (tertiary/aromatic N) is 2. The molecule has 0 bridgehead atoms. The largest absolute Gasteiger partial charge is 0.493 e. The molecule has 1 aliphatic rings. The Hall–Kier alpha value is -2.67. The molecule has 1 aromatic heterocycles. The average Bonchev–Trinajstić information content (AvgIpc) is 2.54. The Morgan fingerprint density at radius 1 is 1.33 bits per heavy atom. The van der Waals surface area contributed by atoms with E-state index in [2.05, 4.69) is 10.3 Å². The number of hydrogen-bond acceptors (Lipinski definition) is 5. The van der Waals surface area contributed by atoms with E-state index in [1.807, 2.05) is 0 Å². The number of carbonyl (C=O) groups excluding carboxylic acids is 1. The third kappa shape index (κ3) is 2.78. The van der Waals surface area contributed by atoms with E-state index >= 15 is 0 Å². The van der Waals surface area contributed by atoms with Crippen molar-refractivity contribution >= 4 is 17.3 Å². The molecule has 1 aliphatic heterocycles. The third-order valence-corrected chi connectivity index (χ3v) is 4.25. The number of pyridine rings is 1. The molecule has 24 heavy (non-hydrogen) atoms. The fraction of sp³-hybridized carbons (Fsp3) is 0.294. The van der Waals surface area contributed by atoms with E-state index in [1.165, 1.54) is 42.3 Å². The van der Waals surface area contributed by atoms with Gasteiger partial charge in [0.15, 0.2) is 0 Å². The predicted octanol–water partition coefficient (Wildman–Crippen LogP) is 2.40. The summed E-state index contributed by atoms with van der Waals surface area (Å²) in [5.41, 5.74) is 1.66. The molecule has 3 N–H and O–H groups in total. The van der Waals surface area contributed by atoms with Gasteiger partial charge in [-0.2, -0.15) is 0 Å². The molecule has 6 nitrogen and oxygen atoms in total. The molecule has 1 aromatic carbocycles. The first-order chi connectivity index (χ1) is 11.4. The van der Waals surface area contributed by atoms with Gasteiger partial charge in [-0.3, -0.25) is 9.69 Å². The minimum atomic E-state index is -1.04. The molecular weight excluding hydrogens is 313 g/mol. The van der Waals surface area contributed by atoms with Gasteiger partial charge in [0.25, 0.3) is 0 Å². The second kappa shape index (κ2) is 6.09. The normalized spacial score (nSPS) is 22.8.